The van der Waals surface area contributed by atoms with Crippen LogP contribution >= 0.6 is 0 Å². The van der Waals surface area contributed by atoms with Gasteiger partial charge in [-0.1, -0.05) is 0 Å². The molecule has 4 nitrogen and oxygen atoms in total. The lowest BCUT2D eigenvalue weighted by Gasteiger charge is -2.23. The SMILES string of the molecule is CC(O)C1CCN(C)C1.CN1CCC(C(O)C(C)(F)F)C1. The summed E-state index contributed by atoms with van der Waals surface area (Å²) in [5.74, 6) is -2.71. The highest BCUT2D eigenvalue weighted by atomic mass is 19.3. The Kier molecular flexibility index (Phi) is 6.97. The fourth-order valence-corrected chi connectivity index (χ4v) is 3.00. The van der Waals surface area contributed by atoms with E-state index in [0.717, 1.165) is 33.0 Å². The lowest BCUT2D eigenvalue weighted by molar-refractivity contribution is -0.115. The Bertz CT molecular complexity index is 311. The van der Waals surface area contributed by atoms with Crippen LogP contribution in [0.25, 0.3) is 0 Å². The Balaban J connectivity index is 0.000000219. The molecule has 6 heteroatoms. The van der Waals surface area contributed by atoms with Gasteiger partial charge in [0.05, 0.1) is 6.10 Å². The monoisotopic (exact) mass is 308 g/mol. The van der Waals surface area contributed by atoms with E-state index >= 15 is 0 Å². The molecule has 2 saturated heterocycles. The Morgan fingerprint density at radius 3 is 1.67 bits per heavy atom. The third-order valence-electron chi connectivity index (χ3n) is 4.50. The largest absolute Gasteiger partial charge is 0.393 e. The first-order valence-electron chi connectivity index (χ1n) is 7.72. The molecule has 2 rings (SSSR count). The Morgan fingerprint density at radius 1 is 1.00 bits per heavy atom. The van der Waals surface area contributed by atoms with Gasteiger partial charge in [-0.2, -0.15) is 0 Å². The molecule has 0 aromatic rings. The maximum atomic E-state index is 12.6. The predicted octanol–water partition coefficient (Wildman–Crippen LogP) is 1.27. The third-order valence-corrected chi connectivity index (χ3v) is 4.50. The minimum Gasteiger partial charge on any atom is -0.393 e. The molecular formula is C15H30F2N2O2. The van der Waals surface area contributed by atoms with E-state index in [1.807, 2.05) is 18.9 Å². The zero-order valence-electron chi connectivity index (χ0n) is 13.6. The highest BCUT2D eigenvalue weighted by Crippen LogP contribution is 2.28. The van der Waals surface area contributed by atoms with Gasteiger partial charge in [-0.15, -0.1) is 0 Å². The first kappa shape index (κ1) is 18.7. The van der Waals surface area contributed by atoms with Gasteiger partial charge in [-0.05, 0) is 52.9 Å². The van der Waals surface area contributed by atoms with Crippen molar-refractivity contribution in [1.82, 2.24) is 9.80 Å². The van der Waals surface area contributed by atoms with Crippen molar-refractivity contribution in [2.75, 3.05) is 40.3 Å². The Labute approximate surface area is 126 Å². The van der Waals surface area contributed by atoms with Crippen LogP contribution in [0.5, 0.6) is 0 Å². The molecule has 2 fully saturated rings. The quantitative estimate of drug-likeness (QED) is 0.824. The number of aliphatic hydroxyl groups is 2. The van der Waals surface area contributed by atoms with Crippen molar-refractivity contribution in [3.8, 4) is 0 Å². The Hall–Kier alpha value is -0.300. The van der Waals surface area contributed by atoms with Crippen LogP contribution in [0.2, 0.25) is 0 Å². The van der Waals surface area contributed by atoms with E-state index in [9.17, 15) is 13.9 Å². The molecule has 126 valence electrons. The molecule has 4 atom stereocenters. The average molecular weight is 308 g/mol. The molecule has 2 N–H and O–H groups in total. The number of nitrogens with zero attached hydrogens (tertiary/aromatic N) is 2. The number of hydrogen-bond donors (Lipinski definition) is 2. The number of alkyl halides is 2. The molecule has 21 heavy (non-hydrogen) atoms. The topological polar surface area (TPSA) is 46.9 Å². The number of aliphatic hydroxyl groups excluding tert-OH is 2. The van der Waals surface area contributed by atoms with Crippen molar-refractivity contribution in [2.45, 2.75) is 44.8 Å². The van der Waals surface area contributed by atoms with E-state index in [1.54, 1.807) is 0 Å². The first-order valence-corrected chi connectivity index (χ1v) is 7.72. The molecule has 0 spiro atoms. The van der Waals surface area contributed by atoms with Gasteiger partial charge in [0.25, 0.3) is 5.92 Å². The molecular weight excluding hydrogens is 278 g/mol. The zero-order chi connectivity index (χ0) is 16.2. The zero-order valence-corrected chi connectivity index (χ0v) is 13.6. The standard InChI is InChI=1S/C8H15F2NO.C7H15NO/c1-8(9,10)7(12)6-3-4-11(2)5-6;1-6(9)7-3-4-8(2)5-7/h6-7,12H,3-5H2,1-2H3;6-7,9H,3-5H2,1-2H3. The lowest BCUT2D eigenvalue weighted by atomic mass is 9.97. The maximum absolute atomic E-state index is 12.6. The van der Waals surface area contributed by atoms with E-state index in [1.165, 1.54) is 0 Å². The number of likely N-dealkylation sites (tertiary alicyclic amines) is 2. The first-order chi connectivity index (χ1) is 9.61. The summed E-state index contributed by atoms with van der Waals surface area (Å²) in [7, 11) is 3.98. The minimum atomic E-state index is -2.96. The highest BCUT2D eigenvalue weighted by molar-refractivity contribution is 4.85. The fraction of sp³-hybridized carbons (Fsp3) is 1.00. The van der Waals surface area contributed by atoms with Gasteiger partial charge in [0, 0.05) is 25.9 Å². The van der Waals surface area contributed by atoms with Gasteiger partial charge in [0.1, 0.15) is 6.10 Å². The van der Waals surface area contributed by atoms with Gasteiger partial charge >= 0.3 is 0 Å². The van der Waals surface area contributed by atoms with Gasteiger partial charge in [-0.25, -0.2) is 8.78 Å². The molecule has 0 aromatic carbocycles. The predicted molar refractivity (Wildman–Crippen MR) is 79.5 cm³/mol. The van der Waals surface area contributed by atoms with Crippen LogP contribution in [-0.2, 0) is 0 Å². The molecule has 0 radical (unpaired) electrons. The van der Waals surface area contributed by atoms with E-state index in [-0.39, 0.29) is 12.0 Å². The average Bonchev–Trinajstić information content (AvgIpc) is 2.96. The summed E-state index contributed by atoms with van der Waals surface area (Å²) in [6.45, 7) is 6.25. The summed E-state index contributed by atoms with van der Waals surface area (Å²) in [6, 6.07) is 0. The molecule has 0 aromatic heterocycles. The van der Waals surface area contributed by atoms with Crippen molar-refractivity contribution >= 4 is 0 Å². The van der Waals surface area contributed by atoms with Gasteiger partial charge in [0.15, 0.2) is 0 Å². The molecule has 0 amide bonds. The molecule has 2 aliphatic rings. The number of hydrogen-bond acceptors (Lipinski definition) is 4. The van der Waals surface area contributed by atoms with Gasteiger partial charge in [-0.3, -0.25) is 0 Å². The van der Waals surface area contributed by atoms with E-state index in [4.69, 9.17) is 5.11 Å². The summed E-state index contributed by atoms with van der Waals surface area (Å²) in [5.41, 5.74) is 0. The van der Waals surface area contributed by atoms with Crippen LogP contribution in [0.15, 0.2) is 0 Å². The van der Waals surface area contributed by atoms with Crippen LogP contribution in [0.3, 0.4) is 0 Å². The van der Waals surface area contributed by atoms with E-state index < -0.39 is 12.0 Å². The minimum absolute atomic E-state index is 0.116. The molecule has 2 heterocycles. The second kappa shape index (κ2) is 7.81. The van der Waals surface area contributed by atoms with E-state index in [0.29, 0.717) is 18.9 Å². The van der Waals surface area contributed by atoms with Gasteiger partial charge < -0.3 is 20.0 Å². The maximum Gasteiger partial charge on any atom is 0.271 e. The normalized spacial score (nSPS) is 30.9. The molecule has 0 aliphatic carbocycles. The molecule has 2 aliphatic heterocycles. The van der Waals surface area contributed by atoms with Crippen LogP contribution in [0, 0.1) is 11.8 Å². The van der Waals surface area contributed by atoms with Crippen LogP contribution in [-0.4, -0.2) is 78.4 Å². The number of rotatable bonds is 3. The van der Waals surface area contributed by atoms with Crippen LogP contribution in [0.4, 0.5) is 8.78 Å². The second-order valence-corrected chi connectivity index (χ2v) is 6.76. The van der Waals surface area contributed by atoms with Crippen molar-refractivity contribution in [3.05, 3.63) is 0 Å². The summed E-state index contributed by atoms with van der Waals surface area (Å²) < 4.78 is 25.3. The molecule has 0 saturated carbocycles. The van der Waals surface area contributed by atoms with Crippen molar-refractivity contribution in [3.63, 3.8) is 0 Å². The second-order valence-electron chi connectivity index (χ2n) is 6.76. The molecule has 0 bridgehead atoms. The summed E-state index contributed by atoms with van der Waals surface area (Å²) in [5, 5.41) is 18.4. The Morgan fingerprint density at radius 2 is 1.43 bits per heavy atom. The number of halogens is 2. The summed E-state index contributed by atoms with van der Waals surface area (Å²) in [6.07, 6.45) is 0.229. The lowest BCUT2D eigenvalue weighted by Crippen LogP contribution is -2.38. The third kappa shape index (κ3) is 6.14. The van der Waals surface area contributed by atoms with Crippen molar-refractivity contribution < 1.29 is 19.0 Å². The van der Waals surface area contributed by atoms with Crippen LogP contribution in [0.1, 0.15) is 26.7 Å². The van der Waals surface area contributed by atoms with Crippen LogP contribution < -0.4 is 0 Å². The fourth-order valence-electron chi connectivity index (χ4n) is 3.00. The van der Waals surface area contributed by atoms with E-state index in [2.05, 4.69) is 11.9 Å². The van der Waals surface area contributed by atoms with Gasteiger partial charge in [0.2, 0.25) is 0 Å². The summed E-state index contributed by atoms with van der Waals surface area (Å²) >= 11 is 0. The van der Waals surface area contributed by atoms with Crippen molar-refractivity contribution in [2.24, 2.45) is 11.8 Å². The van der Waals surface area contributed by atoms with Crippen molar-refractivity contribution in [1.29, 1.82) is 0 Å². The highest BCUT2D eigenvalue weighted by Gasteiger charge is 2.40. The molecule has 4 unspecified atom stereocenters. The smallest absolute Gasteiger partial charge is 0.271 e. The summed E-state index contributed by atoms with van der Waals surface area (Å²) in [4.78, 5) is 4.22.